The number of hydrogen-bond donors (Lipinski definition) is 1. The van der Waals surface area contributed by atoms with Gasteiger partial charge in [-0.25, -0.2) is 13.1 Å². The Labute approximate surface area is 128 Å². The highest BCUT2D eigenvalue weighted by molar-refractivity contribution is 7.89. The van der Waals surface area contributed by atoms with Crippen molar-refractivity contribution >= 4 is 27.3 Å². The Kier molecular flexibility index (Phi) is 4.55. The highest BCUT2D eigenvalue weighted by Crippen LogP contribution is 2.31. The van der Waals surface area contributed by atoms with Crippen molar-refractivity contribution in [3.63, 3.8) is 0 Å². The van der Waals surface area contributed by atoms with Crippen LogP contribution < -0.4 is 4.72 Å². The van der Waals surface area contributed by atoms with Crippen molar-refractivity contribution in [3.05, 3.63) is 32.8 Å². The second-order valence-corrected chi connectivity index (χ2v) is 7.66. The van der Waals surface area contributed by atoms with Crippen molar-refractivity contribution < 1.29 is 13.3 Å². The molecule has 0 spiro atoms. The van der Waals surface area contributed by atoms with Crippen molar-refractivity contribution in [2.45, 2.75) is 44.0 Å². The van der Waals surface area contributed by atoms with Crippen LogP contribution in [0, 0.1) is 23.0 Å². The molecule has 1 aliphatic carbocycles. The molecule has 8 heteroatoms. The van der Waals surface area contributed by atoms with Gasteiger partial charge in [-0.15, -0.1) is 0 Å². The normalized spacial score (nSPS) is 22.4. The summed E-state index contributed by atoms with van der Waals surface area (Å²) in [4.78, 5) is 10.2. The molecule has 21 heavy (non-hydrogen) atoms. The first-order valence-electron chi connectivity index (χ1n) is 6.67. The van der Waals surface area contributed by atoms with Gasteiger partial charge in [0, 0.05) is 17.7 Å². The van der Waals surface area contributed by atoms with Crippen LogP contribution >= 0.6 is 11.6 Å². The van der Waals surface area contributed by atoms with Crippen LogP contribution in [0.15, 0.2) is 17.0 Å². The number of sulfonamides is 1. The molecule has 1 aromatic carbocycles. The van der Waals surface area contributed by atoms with E-state index < -0.39 is 14.9 Å². The molecule has 1 saturated carbocycles. The van der Waals surface area contributed by atoms with Gasteiger partial charge >= 0.3 is 0 Å². The van der Waals surface area contributed by atoms with Gasteiger partial charge in [-0.3, -0.25) is 10.1 Å². The summed E-state index contributed by atoms with van der Waals surface area (Å²) in [6.45, 7) is 3.56. The molecule has 0 aliphatic heterocycles. The molecule has 6 nitrogen and oxygen atoms in total. The third-order valence-corrected chi connectivity index (χ3v) is 5.71. The highest BCUT2D eigenvalue weighted by atomic mass is 35.5. The van der Waals surface area contributed by atoms with E-state index in [2.05, 4.69) is 11.6 Å². The largest absolute Gasteiger partial charge is 0.275 e. The first-order valence-corrected chi connectivity index (χ1v) is 8.53. The highest BCUT2D eigenvalue weighted by Gasteiger charge is 2.28. The Morgan fingerprint density at radius 3 is 2.57 bits per heavy atom. The summed E-state index contributed by atoms with van der Waals surface area (Å²) in [5.74, 6) is 0.480. The van der Waals surface area contributed by atoms with Crippen LogP contribution in [-0.4, -0.2) is 19.4 Å². The second-order valence-electron chi connectivity index (χ2n) is 5.54. The molecule has 0 bridgehead atoms. The van der Waals surface area contributed by atoms with E-state index in [-0.39, 0.29) is 27.2 Å². The molecule has 1 aromatic rings. The summed E-state index contributed by atoms with van der Waals surface area (Å²) in [5, 5.41) is 11.0. The number of nitrogens with one attached hydrogen (secondary N) is 1. The van der Waals surface area contributed by atoms with Crippen LogP contribution in [0.4, 0.5) is 5.69 Å². The van der Waals surface area contributed by atoms with E-state index in [1.807, 2.05) is 0 Å². The zero-order chi connectivity index (χ0) is 15.8. The number of nitro groups is 1. The van der Waals surface area contributed by atoms with Crippen LogP contribution in [0.1, 0.15) is 31.7 Å². The minimum atomic E-state index is -3.80. The minimum Gasteiger partial charge on any atom is -0.258 e. The number of halogens is 1. The van der Waals surface area contributed by atoms with Crippen LogP contribution in [-0.2, 0) is 10.0 Å². The number of benzene rings is 1. The molecule has 0 radical (unpaired) electrons. The lowest BCUT2D eigenvalue weighted by Crippen LogP contribution is -2.33. The predicted octanol–water partition coefficient (Wildman–Crippen LogP) is 3.02. The average Bonchev–Trinajstić information content (AvgIpc) is 2.76. The van der Waals surface area contributed by atoms with Crippen molar-refractivity contribution in [2.24, 2.45) is 5.92 Å². The summed E-state index contributed by atoms with van der Waals surface area (Å²) in [5.41, 5.74) is -0.0298. The summed E-state index contributed by atoms with van der Waals surface area (Å²) in [6, 6.07) is 2.19. The maximum absolute atomic E-state index is 12.3. The Bertz CT molecular complexity index is 675. The minimum absolute atomic E-state index is 0.0735. The van der Waals surface area contributed by atoms with E-state index in [0.717, 1.165) is 25.3 Å². The standard InChI is InChI=1S/C13H17ClN2O4S/c1-8-3-4-10(5-8)15-21(19,20)11-6-12(14)9(2)13(7-11)16(17)18/h6-8,10,15H,3-5H2,1-2H3. The van der Waals surface area contributed by atoms with E-state index in [0.29, 0.717) is 5.92 Å². The quantitative estimate of drug-likeness (QED) is 0.678. The lowest BCUT2D eigenvalue weighted by molar-refractivity contribution is -0.385. The first kappa shape index (κ1) is 16.2. The maximum Gasteiger partial charge on any atom is 0.275 e. The molecule has 1 fully saturated rings. The molecule has 2 atom stereocenters. The van der Waals surface area contributed by atoms with Gasteiger partial charge < -0.3 is 0 Å². The summed E-state index contributed by atoms with van der Waals surface area (Å²) in [6.07, 6.45) is 2.53. The van der Waals surface area contributed by atoms with Gasteiger partial charge in [0.15, 0.2) is 0 Å². The number of nitrogens with zero attached hydrogens (tertiary/aromatic N) is 1. The Balaban J connectivity index is 2.34. The fourth-order valence-electron chi connectivity index (χ4n) is 2.59. The van der Waals surface area contributed by atoms with Crippen LogP contribution in [0.25, 0.3) is 0 Å². The molecular formula is C13H17ClN2O4S. The van der Waals surface area contributed by atoms with Gasteiger partial charge in [0.1, 0.15) is 0 Å². The molecule has 2 rings (SSSR count). The lowest BCUT2D eigenvalue weighted by atomic mass is 10.1. The maximum atomic E-state index is 12.3. The molecule has 2 unspecified atom stereocenters. The van der Waals surface area contributed by atoms with E-state index in [9.17, 15) is 18.5 Å². The van der Waals surface area contributed by atoms with Crippen LogP contribution in [0.3, 0.4) is 0 Å². The van der Waals surface area contributed by atoms with Gasteiger partial charge in [0.25, 0.3) is 5.69 Å². The Morgan fingerprint density at radius 1 is 1.38 bits per heavy atom. The average molecular weight is 333 g/mol. The molecule has 1 aliphatic rings. The SMILES string of the molecule is Cc1c(Cl)cc(S(=O)(=O)NC2CCC(C)C2)cc1[N+](=O)[O-]. The van der Waals surface area contributed by atoms with Gasteiger partial charge in [0.2, 0.25) is 10.0 Å². The topological polar surface area (TPSA) is 89.3 Å². The zero-order valence-electron chi connectivity index (χ0n) is 11.8. The fourth-order valence-corrected chi connectivity index (χ4v) is 4.19. The van der Waals surface area contributed by atoms with E-state index in [1.165, 1.54) is 13.0 Å². The van der Waals surface area contributed by atoms with Crippen molar-refractivity contribution in [1.82, 2.24) is 4.72 Å². The Morgan fingerprint density at radius 2 is 2.05 bits per heavy atom. The smallest absolute Gasteiger partial charge is 0.258 e. The molecule has 116 valence electrons. The van der Waals surface area contributed by atoms with Crippen molar-refractivity contribution in [3.8, 4) is 0 Å². The van der Waals surface area contributed by atoms with Crippen LogP contribution in [0.2, 0.25) is 5.02 Å². The fraction of sp³-hybridized carbons (Fsp3) is 0.538. The summed E-state index contributed by atoms with van der Waals surface area (Å²) in [7, 11) is -3.80. The summed E-state index contributed by atoms with van der Waals surface area (Å²) < 4.78 is 27.3. The molecule has 0 aromatic heterocycles. The van der Waals surface area contributed by atoms with Gasteiger partial charge in [-0.2, -0.15) is 0 Å². The zero-order valence-corrected chi connectivity index (χ0v) is 13.4. The molecule has 0 amide bonds. The lowest BCUT2D eigenvalue weighted by Gasteiger charge is -2.13. The van der Waals surface area contributed by atoms with Gasteiger partial charge in [0.05, 0.1) is 14.8 Å². The first-order chi connectivity index (χ1) is 9.70. The number of nitro benzene ring substituents is 1. The van der Waals surface area contributed by atoms with Gasteiger partial charge in [-0.05, 0) is 38.2 Å². The van der Waals surface area contributed by atoms with Crippen LogP contribution in [0.5, 0.6) is 0 Å². The van der Waals surface area contributed by atoms with E-state index >= 15 is 0 Å². The third-order valence-electron chi connectivity index (χ3n) is 3.81. The second kappa shape index (κ2) is 5.90. The molecule has 1 N–H and O–H groups in total. The number of hydrogen-bond acceptors (Lipinski definition) is 4. The van der Waals surface area contributed by atoms with Crippen molar-refractivity contribution in [1.29, 1.82) is 0 Å². The van der Waals surface area contributed by atoms with E-state index in [4.69, 9.17) is 11.6 Å². The van der Waals surface area contributed by atoms with Crippen molar-refractivity contribution in [2.75, 3.05) is 0 Å². The molecule has 0 heterocycles. The monoisotopic (exact) mass is 332 g/mol. The predicted molar refractivity (Wildman–Crippen MR) is 80.0 cm³/mol. The Hall–Kier alpha value is -1.18. The van der Waals surface area contributed by atoms with E-state index in [1.54, 1.807) is 0 Å². The summed E-state index contributed by atoms with van der Waals surface area (Å²) >= 11 is 5.91. The molecular weight excluding hydrogens is 316 g/mol. The number of rotatable bonds is 4. The van der Waals surface area contributed by atoms with Gasteiger partial charge in [-0.1, -0.05) is 18.5 Å². The molecule has 0 saturated heterocycles. The third kappa shape index (κ3) is 3.53.